The lowest BCUT2D eigenvalue weighted by molar-refractivity contribution is -0.133. The number of hydrogen-bond donors (Lipinski definition) is 0. The van der Waals surface area contributed by atoms with Gasteiger partial charge in [0.1, 0.15) is 10.2 Å². The molecule has 18 heavy (non-hydrogen) atoms. The third-order valence-corrected chi connectivity index (χ3v) is 4.24. The van der Waals surface area contributed by atoms with Crippen LogP contribution in [0.4, 0.5) is 4.39 Å². The largest absolute Gasteiger partial charge is 0.339 e. The van der Waals surface area contributed by atoms with Crippen molar-refractivity contribution in [2.24, 2.45) is 5.92 Å². The van der Waals surface area contributed by atoms with E-state index in [0.29, 0.717) is 6.42 Å². The van der Waals surface area contributed by atoms with Crippen molar-refractivity contribution in [1.29, 1.82) is 0 Å². The highest BCUT2D eigenvalue weighted by Crippen LogP contribution is 2.54. The maximum Gasteiger partial charge on any atom is 0.229 e. The predicted molar refractivity (Wildman–Crippen MR) is 70.1 cm³/mol. The Morgan fingerprint density at radius 3 is 2.39 bits per heavy atom. The van der Waals surface area contributed by atoms with E-state index in [1.807, 2.05) is 6.92 Å². The molecule has 5 heteroatoms. The van der Waals surface area contributed by atoms with Crippen molar-refractivity contribution < 1.29 is 9.18 Å². The molecule has 0 spiro atoms. The van der Waals surface area contributed by atoms with Crippen LogP contribution in [-0.2, 0) is 4.79 Å². The maximum atomic E-state index is 12.8. The second-order valence-corrected chi connectivity index (χ2v) is 6.24. The van der Waals surface area contributed by atoms with Gasteiger partial charge in [-0.2, -0.15) is 0 Å². The third kappa shape index (κ3) is 2.62. The first kappa shape index (κ1) is 13.6. The van der Waals surface area contributed by atoms with Crippen LogP contribution >= 0.6 is 23.2 Å². The van der Waals surface area contributed by atoms with Gasteiger partial charge >= 0.3 is 0 Å². The highest BCUT2D eigenvalue weighted by Gasteiger charge is 2.57. The first-order chi connectivity index (χ1) is 8.33. The van der Waals surface area contributed by atoms with Crippen LogP contribution in [0.5, 0.6) is 0 Å². The number of benzene rings is 1. The van der Waals surface area contributed by atoms with Gasteiger partial charge in [-0.3, -0.25) is 4.79 Å². The van der Waals surface area contributed by atoms with Gasteiger partial charge in [-0.1, -0.05) is 12.1 Å². The van der Waals surface area contributed by atoms with Gasteiger partial charge in [0.25, 0.3) is 0 Å². The van der Waals surface area contributed by atoms with Crippen LogP contribution in [0.15, 0.2) is 24.3 Å². The lowest BCUT2D eigenvalue weighted by Crippen LogP contribution is -2.32. The van der Waals surface area contributed by atoms with Gasteiger partial charge in [-0.25, -0.2) is 4.39 Å². The number of alkyl halides is 2. The predicted octanol–water partition coefficient (Wildman–Crippen LogP) is 3.54. The molecule has 2 atom stereocenters. The summed E-state index contributed by atoms with van der Waals surface area (Å²) in [6, 6.07) is 5.97. The highest BCUT2D eigenvalue weighted by molar-refractivity contribution is 6.52. The van der Waals surface area contributed by atoms with Crippen LogP contribution in [0.1, 0.15) is 24.9 Å². The van der Waals surface area contributed by atoms with E-state index in [2.05, 4.69) is 0 Å². The Bertz CT molecular complexity index is 461. The van der Waals surface area contributed by atoms with Gasteiger partial charge < -0.3 is 4.90 Å². The Labute approximate surface area is 116 Å². The summed E-state index contributed by atoms with van der Waals surface area (Å²) >= 11 is 11.8. The van der Waals surface area contributed by atoms with Crippen LogP contribution in [-0.4, -0.2) is 22.2 Å². The minimum absolute atomic E-state index is 0.0724. The molecule has 2 rings (SSSR count). The van der Waals surface area contributed by atoms with Crippen LogP contribution in [0.3, 0.4) is 0 Å². The molecule has 1 amide bonds. The summed E-state index contributed by atoms with van der Waals surface area (Å²) in [5, 5.41) is 0. The molecule has 1 aliphatic carbocycles. The van der Waals surface area contributed by atoms with Crippen LogP contribution in [0, 0.1) is 11.7 Å². The molecular weight excluding hydrogens is 276 g/mol. The molecule has 2 nitrogen and oxygen atoms in total. The molecule has 0 bridgehead atoms. The number of halogens is 3. The molecule has 1 saturated carbocycles. The summed E-state index contributed by atoms with van der Waals surface area (Å²) in [6.45, 7) is 1.89. The molecule has 0 radical (unpaired) electrons. The van der Waals surface area contributed by atoms with Gasteiger partial charge in [0.2, 0.25) is 5.91 Å². The van der Waals surface area contributed by atoms with Gasteiger partial charge in [-0.05, 0) is 31.0 Å². The maximum absolute atomic E-state index is 12.8. The Balaban J connectivity index is 2.07. The van der Waals surface area contributed by atoms with Crippen molar-refractivity contribution in [3.8, 4) is 0 Å². The van der Waals surface area contributed by atoms with E-state index in [1.165, 1.54) is 12.1 Å². The Morgan fingerprint density at radius 2 is 1.94 bits per heavy atom. The molecule has 1 fully saturated rings. The number of carbonyl (C=O) groups excluding carboxylic acids is 1. The molecule has 0 N–H and O–H groups in total. The van der Waals surface area contributed by atoms with Crippen molar-refractivity contribution in [2.75, 3.05) is 7.05 Å². The third-order valence-electron chi connectivity index (χ3n) is 3.41. The normalized spacial score (nSPS) is 22.4. The standard InChI is InChI=1S/C13H14Cl2FNO/c1-8(9-3-5-10(16)6-4-9)17(2)12(18)11-7-13(11,14)15/h3-6,8,11H,7H2,1-2H3. The minimum Gasteiger partial charge on any atom is -0.339 e. The summed E-state index contributed by atoms with van der Waals surface area (Å²) < 4.78 is 11.9. The smallest absolute Gasteiger partial charge is 0.229 e. The molecule has 1 aromatic carbocycles. The highest BCUT2D eigenvalue weighted by atomic mass is 35.5. The summed E-state index contributed by atoms with van der Waals surface area (Å²) in [5.74, 6) is -0.687. The molecule has 0 heterocycles. The monoisotopic (exact) mass is 289 g/mol. The van der Waals surface area contributed by atoms with Crippen LogP contribution in [0.25, 0.3) is 0 Å². The van der Waals surface area contributed by atoms with E-state index in [4.69, 9.17) is 23.2 Å². The molecule has 1 aromatic rings. The van der Waals surface area contributed by atoms with E-state index in [9.17, 15) is 9.18 Å². The lowest BCUT2D eigenvalue weighted by Gasteiger charge is -2.25. The fourth-order valence-electron chi connectivity index (χ4n) is 1.88. The fraction of sp³-hybridized carbons (Fsp3) is 0.462. The lowest BCUT2D eigenvalue weighted by atomic mass is 10.1. The average molecular weight is 290 g/mol. The summed E-state index contributed by atoms with van der Waals surface area (Å²) in [6.07, 6.45) is 0.495. The first-order valence-electron chi connectivity index (χ1n) is 5.73. The van der Waals surface area contributed by atoms with E-state index in [1.54, 1.807) is 24.1 Å². The van der Waals surface area contributed by atoms with Gasteiger partial charge in [0, 0.05) is 7.05 Å². The Hall–Kier alpha value is -0.800. The number of rotatable bonds is 3. The Kier molecular flexibility index (Phi) is 3.56. The van der Waals surface area contributed by atoms with Crippen molar-refractivity contribution >= 4 is 29.1 Å². The second kappa shape index (κ2) is 4.71. The molecule has 98 valence electrons. The first-order valence-corrected chi connectivity index (χ1v) is 6.48. The molecule has 0 aliphatic heterocycles. The van der Waals surface area contributed by atoms with Gasteiger partial charge in [0.05, 0.1) is 12.0 Å². The van der Waals surface area contributed by atoms with E-state index in [-0.39, 0.29) is 23.7 Å². The average Bonchev–Trinajstić information content (AvgIpc) is 2.96. The number of nitrogens with zero attached hydrogens (tertiary/aromatic N) is 1. The summed E-state index contributed by atoms with van der Waals surface area (Å²) in [4.78, 5) is 13.7. The topological polar surface area (TPSA) is 20.3 Å². The fourth-order valence-corrected chi connectivity index (χ4v) is 2.38. The van der Waals surface area contributed by atoms with Crippen LogP contribution in [0.2, 0.25) is 0 Å². The molecule has 1 aliphatic rings. The number of amides is 1. The van der Waals surface area contributed by atoms with Crippen molar-refractivity contribution in [3.63, 3.8) is 0 Å². The minimum atomic E-state index is -0.909. The van der Waals surface area contributed by atoms with Crippen molar-refractivity contribution in [1.82, 2.24) is 4.90 Å². The van der Waals surface area contributed by atoms with E-state index >= 15 is 0 Å². The van der Waals surface area contributed by atoms with Crippen molar-refractivity contribution in [2.45, 2.75) is 23.7 Å². The zero-order chi connectivity index (χ0) is 13.5. The van der Waals surface area contributed by atoms with Gasteiger partial charge in [0.15, 0.2) is 0 Å². The van der Waals surface area contributed by atoms with E-state index in [0.717, 1.165) is 5.56 Å². The van der Waals surface area contributed by atoms with Crippen LogP contribution < -0.4 is 0 Å². The molecule has 0 saturated heterocycles. The number of hydrogen-bond acceptors (Lipinski definition) is 1. The zero-order valence-electron chi connectivity index (χ0n) is 10.2. The second-order valence-electron chi connectivity index (χ2n) is 4.69. The van der Waals surface area contributed by atoms with Crippen molar-refractivity contribution in [3.05, 3.63) is 35.6 Å². The SMILES string of the molecule is CC(c1ccc(F)cc1)N(C)C(=O)C1CC1(Cl)Cl. The molecule has 0 aromatic heterocycles. The molecular formula is C13H14Cl2FNO. The Morgan fingerprint density at radius 1 is 1.44 bits per heavy atom. The quantitative estimate of drug-likeness (QED) is 0.780. The molecule has 2 unspecified atom stereocenters. The van der Waals surface area contributed by atoms with Gasteiger partial charge in [-0.15, -0.1) is 23.2 Å². The summed E-state index contributed by atoms with van der Waals surface area (Å²) in [7, 11) is 1.71. The zero-order valence-corrected chi connectivity index (χ0v) is 11.7. The van der Waals surface area contributed by atoms with E-state index < -0.39 is 4.33 Å². The summed E-state index contributed by atoms with van der Waals surface area (Å²) in [5.41, 5.74) is 0.877. The number of carbonyl (C=O) groups is 1.